The number of amides is 1. The number of ether oxygens (including phenoxy) is 1. The Morgan fingerprint density at radius 2 is 1.90 bits per heavy atom. The van der Waals surface area contributed by atoms with Crippen molar-refractivity contribution in [1.29, 1.82) is 0 Å². The summed E-state index contributed by atoms with van der Waals surface area (Å²) in [6, 6.07) is 9.69. The molecule has 1 amide bonds. The third-order valence-electron chi connectivity index (χ3n) is 5.13. The molecule has 1 aromatic heterocycles. The molecule has 0 bridgehead atoms. The lowest BCUT2D eigenvalue weighted by molar-refractivity contribution is 0.0716. The van der Waals surface area contributed by atoms with Crippen LogP contribution < -0.4 is 9.46 Å². The predicted octanol–water partition coefficient (Wildman–Crippen LogP) is 3.67. The zero-order chi connectivity index (χ0) is 21.0. The van der Waals surface area contributed by atoms with Gasteiger partial charge in [0.25, 0.3) is 5.91 Å². The van der Waals surface area contributed by atoms with Crippen LogP contribution in [0.4, 0.5) is 0 Å². The largest absolute Gasteiger partial charge is 0.497 e. The summed E-state index contributed by atoms with van der Waals surface area (Å²) in [5, 5.41) is 0. The molecular formula is C21H28N2O4S2. The number of carbonyl (C=O) groups is 1. The summed E-state index contributed by atoms with van der Waals surface area (Å²) >= 11 is 1.50. The van der Waals surface area contributed by atoms with Crippen LogP contribution in [0.3, 0.4) is 0 Å². The standard InChI is InChI=1S/C21H28N2O4S2/c1-4-13-29(25,26)22-17-9-11-23(12-10-17)21(24)20-14-19(15(2)28-20)16-5-7-18(27-3)8-6-16/h5-8,14,17,22H,4,9-13H2,1-3H3. The number of benzene rings is 1. The zero-order valence-electron chi connectivity index (χ0n) is 17.1. The van der Waals surface area contributed by atoms with Crippen molar-refractivity contribution in [2.24, 2.45) is 0 Å². The smallest absolute Gasteiger partial charge is 0.263 e. The van der Waals surface area contributed by atoms with Crippen molar-refractivity contribution < 1.29 is 17.9 Å². The molecule has 6 nitrogen and oxygen atoms in total. The molecule has 0 unspecified atom stereocenters. The van der Waals surface area contributed by atoms with Gasteiger partial charge in [-0.25, -0.2) is 13.1 Å². The predicted molar refractivity (Wildman–Crippen MR) is 117 cm³/mol. The van der Waals surface area contributed by atoms with Crippen LogP contribution >= 0.6 is 11.3 Å². The highest BCUT2D eigenvalue weighted by Gasteiger charge is 2.27. The minimum atomic E-state index is -3.22. The van der Waals surface area contributed by atoms with Crippen LogP contribution in [0.2, 0.25) is 0 Å². The van der Waals surface area contributed by atoms with Crippen LogP contribution in [0.1, 0.15) is 40.7 Å². The van der Waals surface area contributed by atoms with Crippen molar-refractivity contribution in [3.05, 3.63) is 40.1 Å². The van der Waals surface area contributed by atoms with E-state index in [-0.39, 0.29) is 17.7 Å². The molecule has 0 saturated carbocycles. The van der Waals surface area contributed by atoms with Crippen molar-refractivity contribution >= 4 is 27.3 Å². The van der Waals surface area contributed by atoms with E-state index in [1.165, 1.54) is 11.3 Å². The molecule has 2 heterocycles. The lowest BCUT2D eigenvalue weighted by Gasteiger charge is -2.32. The number of carbonyl (C=O) groups excluding carboxylic acids is 1. The van der Waals surface area contributed by atoms with Gasteiger partial charge in [-0.15, -0.1) is 11.3 Å². The van der Waals surface area contributed by atoms with Gasteiger partial charge in [0.1, 0.15) is 5.75 Å². The van der Waals surface area contributed by atoms with Crippen LogP contribution in [0.15, 0.2) is 30.3 Å². The Balaban J connectivity index is 1.64. The van der Waals surface area contributed by atoms with Gasteiger partial charge in [-0.3, -0.25) is 4.79 Å². The third-order valence-corrected chi connectivity index (χ3v) is 7.81. The van der Waals surface area contributed by atoms with Crippen molar-refractivity contribution in [3.63, 3.8) is 0 Å². The Kier molecular flexibility index (Phi) is 6.97. The fourth-order valence-corrected chi connectivity index (χ4v) is 5.99. The molecule has 158 valence electrons. The summed E-state index contributed by atoms with van der Waals surface area (Å²) in [6.07, 6.45) is 1.88. The number of hydrogen-bond donors (Lipinski definition) is 1. The molecule has 1 aliphatic heterocycles. The summed E-state index contributed by atoms with van der Waals surface area (Å²) in [5.41, 5.74) is 2.12. The summed E-state index contributed by atoms with van der Waals surface area (Å²) < 4.78 is 31.9. The molecule has 0 radical (unpaired) electrons. The Morgan fingerprint density at radius 1 is 1.24 bits per heavy atom. The molecule has 3 rings (SSSR count). The van der Waals surface area contributed by atoms with Crippen LogP contribution in [-0.2, 0) is 10.0 Å². The number of sulfonamides is 1. The SMILES string of the molecule is CCCS(=O)(=O)NC1CCN(C(=O)c2cc(-c3ccc(OC)cc3)c(C)s2)CC1. The van der Waals surface area contributed by atoms with Gasteiger partial charge in [0.05, 0.1) is 17.7 Å². The molecule has 1 aromatic carbocycles. The number of nitrogens with zero attached hydrogens (tertiary/aromatic N) is 1. The molecule has 1 N–H and O–H groups in total. The van der Waals surface area contributed by atoms with Gasteiger partial charge in [-0.05, 0) is 55.5 Å². The lowest BCUT2D eigenvalue weighted by atomic mass is 10.0. The summed E-state index contributed by atoms with van der Waals surface area (Å²) in [6.45, 7) is 5.00. The number of hydrogen-bond acceptors (Lipinski definition) is 5. The van der Waals surface area contributed by atoms with Crippen molar-refractivity contribution in [3.8, 4) is 16.9 Å². The Labute approximate surface area is 176 Å². The van der Waals surface area contributed by atoms with Gasteiger partial charge in [0, 0.05) is 24.0 Å². The molecule has 0 aliphatic carbocycles. The monoisotopic (exact) mass is 436 g/mol. The van der Waals surface area contributed by atoms with Gasteiger partial charge in [-0.2, -0.15) is 0 Å². The number of piperidine rings is 1. The molecule has 1 saturated heterocycles. The van der Waals surface area contributed by atoms with E-state index < -0.39 is 10.0 Å². The molecule has 29 heavy (non-hydrogen) atoms. The number of aryl methyl sites for hydroxylation is 1. The van der Waals surface area contributed by atoms with Crippen molar-refractivity contribution in [2.45, 2.75) is 39.2 Å². The highest BCUT2D eigenvalue weighted by molar-refractivity contribution is 7.89. The fourth-order valence-electron chi connectivity index (χ4n) is 3.58. The molecule has 1 aliphatic rings. The topological polar surface area (TPSA) is 75.7 Å². The van der Waals surface area contributed by atoms with E-state index in [0.717, 1.165) is 26.6 Å². The first-order valence-corrected chi connectivity index (χ1v) is 12.3. The summed E-state index contributed by atoms with van der Waals surface area (Å²) in [4.78, 5) is 16.6. The van der Waals surface area contributed by atoms with Gasteiger partial charge < -0.3 is 9.64 Å². The first-order chi connectivity index (χ1) is 13.8. The van der Waals surface area contributed by atoms with E-state index in [2.05, 4.69) is 4.72 Å². The van der Waals surface area contributed by atoms with E-state index in [4.69, 9.17) is 4.74 Å². The zero-order valence-corrected chi connectivity index (χ0v) is 18.7. The minimum absolute atomic E-state index is 0.0210. The third kappa shape index (κ3) is 5.38. The highest BCUT2D eigenvalue weighted by Crippen LogP contribution is 2.33. The Morgan fingerprint density at radius 3 is 2.48 bits per heavy atom. The van der Waals surface area contributed by atoms with Gasteiger partial charge in [-0.1, -0.05) is 19.1 Å². The Hall–Kier alpha value is -1.90. The number of likely N-dealkylation sites (tertiary alicyclic amines) is 1. The van der Waals surface area contributed by atoms with Crippen LogP contribution in [0.5, 0.6) is 5.75 Å². The maximum Gasteiger partial charge on any atom is 0.263 e. The van der Waals surface area contributed by atoms with E-state index in [9.17, 15) is 13.2 Å². The van der Waals surface area contributed by atoms with Gasteiger partial charge in [0.2, 0.25) is 10.0 Å². The summed E-state index contributed by atoms with van der Waals surface area (Å²) in [5.74, 6) is 0.970. The second kappa shape index (κ2) is 9.28. The van der Waals surface area contributed by atoms with E-state index in [0.29, 0.717) is 32.4 Å². The first kappa shape index (κ1) is 21.8. The summed E-state index contributed by atoms with van der Waals surface area (Å²) in [7, 11) is -1.58. The van der Waals surface area contributed by atoms with Gasteiger partial charge in [0.15, 0.2) is 0 Å². The molecule has 8 heteroatoms. The fraction of sp³-hybridized carbons (Fsp3) is 0.476. The van der Waals surface area contributed by atoms with E-state index >= 15 is 0 Å². The van der Waals surface area contributed by atoms with Crippen LogP contribution in [-0.4, -0.2) is 51.2 Å². The average Bonchev–Trinajstić information content (AvgIpc) is 3.09. The number of methoxy groups -OCH3 is 1. The van der Waals surface area contributed by atoms with Crippen molar-refractivity contribution in [2.75, 3.05) is 26.0 Å². The van der Waals surface area contributed by atoms with Crippen LogP contribution in [0, 0.1) is 6.92 Å². The minimum Gasteiger partial charge on any atom is -0.497 e. The molecule has 0 atom stereocenters. The highest BCUT2D eigenvalue weighted by atomic mass is 32.2. The van der Waals surface area contributed by atoms with Gasteiger partial charge >= 0.3 is 0 Å². The maximum atomic E-state index is 13.0. The normalized spacial score (nSPS) is 15.5. The average molecular weight is 437 g/mol. The molecule has 1 fully saturated rings. The number of nitrogens with one attached hydrogen (secondary N) is 1. The molecule has 2 aromatic rings. The number of rotatable bonds is 7. The van der Waals surface area contributed by atoms with Crippen LogP contribution in [0.25, 0.3) is 11.1 Å². The quantitative estimate of drug-likeness (QED) is 0.719. The Bertz CT molecular complexity index is 944. The second-order valence-electron chi connectivity index (χ2n) is 7.31. The second-order valence-corrected chi connectivity index (χ2v) is 10.4. The molecular weight excluding hydrogens is 408 g/mol. The lowest BCUT2D eigenvalue weighted by Crippen LogP contribution is -2.46. The number of thiophene rings is 1. The van der Waals surface area contributed by atoms with Crippen molar-refractivity contribution in [1.82, 2.24) is 9.62 Å². The van der Waals surface area contributed by atoms with E-state index in [1.807, 2.05) is 49.1 Å². The first-order valence-electron chi connectivity index (χ1n) is 9.87. The molecule has 0 spiro atoms. The van der Waals surface area contributed by atoms with E-state index in [1.54, 1.807) is 7.11 Å². The maximum absolute atomic E-state index is 13.0.